The molecule has 1 aromatic heterocycles. The molecule has 0 saturated heterocycles. The van der Waals surface area contributed by atoms with Crippen LogP contribution in [-0.2, 0) is 0 Å². The molecule has 2 nitrogen and oxygen atoms in total. The molecule has 110 valence electrons. The lowest BCUT2D eigenvalue weighted by molar-refractivity contribution is 0.274. The van der Waals surface area contributed by atoms with E-state index in [9.17, 15) is 4.39 Å². The molecule has 0 aliphatic heterocycles. The summed E-state index contributed by atoms with van der Waals surface area (Å²) in [7, 11) is 0. The summed E-state index contributed by atoms with van der Waals surface area (Å²) in [5.41, 5.74) is 0.615. The minimum atomic E-state index is -0.163. The third kappa shape index (κ3) is 2.88. The molecule has 2 bridgehead atoms. The molecule has 2 fully saturated rings. The van der Waals surface area contributed by atoms with E-state index in [4.69, 9.17) is 0 Å². The van der Waals surface area contributed by atoms with Gasteiger partial charge in [-0.25, -0.2) is 4.39 Å². The van der Waals surface area contributed by atoms with Gasteiger partial charge in [-0.05, 0) is 68.5 Å². The summed E-state index contributed by atoms with van der Waals surface area (Å²) in [4.78, 5) is 4.30. The first kappa shape index (κ1) is 14.0. The highest BCUT2D eigenvalue weighted by molar-refractivity contribution is 5.12. The normalized spacial score (nSPS) is 29.8. The molecule has 3 rings (SSSR count). The first-order chi connectivity index (χ1) is 9.78. The van der Waals surface area contributed by atoms with E-state index in [1.807, 2.05) is 0 Å². The number of nitrogens with zero attached hydrogens (tertiary/aromatic N) is 1. The number of halogens is 1. The van der Waals surface area contributed by atoms with Gasteiger partial charge in [-0.2, -0.15) is 0 Å². The van der Waals surface area contributed by atoms with Gasteiger partial charge in [-0.15, -0.1) is 0 Å². The van der Waals surface area contributed by atoms with Crippen LogP contribution in [0.3, 0.4) is 0 Å². The van der Waals surface area contributed by atoms with Crippen LogP contribution in [0.4, 0.5) is 4.39 Å². The Morgan fingerprint density at radius 3 is 2.95 bits per heavy atom. The summed E-state index contributed by atoms with van der Waals surface area (Å²) >= 11 is 0. The fourth-order valence-corrected chi connectivity index (χ4v) is 4.23. The van der Waals surface area contributed by atoms with Crippen molar-refractivity contribution in [2.24, 2.45) is 17.8 Å². The standard InChI is InChI=1S/C17H25FN2/c1-2-7-19-16(17-15(18)4-3-8-20-17)11-14-10-12-5-6-13(14)9-12/h3-4,8,12-14,16,19H,2,5-7,9-11H2,1H3. The number of hydrogen-bond donors (Lipinski definition) is 1. The van der Waals surface area contributed by atoms with Gasteiger partial charge in [0.1, 0.15) is 5.82 Å². The Morgan fingerprint density at radius 1 is 1.40 bits per heavy atom. The maximum Gasteiger partial charge on any atom is 0.146 e. The quantitative estimate of drug-likeness (QED) is 0.846. The van der Waals surface area contributed by atoms with E-state index in [1.165, 1.54) is 31.7 Å². The summed E-state index contributed by atoms with van der Waals surface area (Å²) in [5, 5.41) is 3.51. The van der Waals surface area contributed by atoms with Crippen LogP contribution < -0.4 is 5.32 Å². The van der Waals surface area contributed by atoms with Crippen molar-refractivity contribution in [1.82, 2.24) is 10.3 Å². The highest BCUT2D eigenvalue weighted by Gasteiger charge is 2.40. The average molecular weight is 276 g/mol. The van der Waals surface area contributed by atoms with Crippen molar-refractivity contribution < 1.29 is 4.39 Å². The smallest absolute Gasteiger partial charge is 0.146 e. The Hall–Kier alpha value is -0.960. The van der Waals surface area contributed by atoms with Gasteiger partial charge in [0.25, 0.3) is 0 Å². The molecule has 4 atom stereocenters. The fourth-order valence-electron chi connectivity index (χ4n) is 4.23. The van der Waals surface area contributed by atoms with Gasteiger partial charge in [0, 0.05) is 6.20 Å². The molecule has 3 heteroatoms. The summed E-state index contributed by atoms with van der Waals surface area (Å²) in [6, 6.07) is 3.29. The van der Waals surface area contributed by atoms with Crippen molar-refractivity contribution in [2.75, 3.05) is 6.54 Å². The maximum atomic E-state index is 14.0. The third-order valence-electron chi connectivity index (χ3n) is 5.18. The Labute approximate surface area is 121 Å². The Bertz CT molecular complexity index is 448. The molecular weight excluding hydrogens is 251 g/mol. The Balaban J connectivity index is 1.71. The van der Waals surface area contributed by atoms with Crippen LogP contribution in [0, 0.1) is 23.6 Å². The third-order valence-corrected chi connectivity index (χ3v) is 5.18. The number of hydrogen-bond acceptors (Lipinski definition) is 2. The lowest BCUT2D eigenvalue weighted by Gasteiger charge is -2.27. The molecule has 1 aromatic rings. The number of fused-ring (bicyclic) bond motifs is 2. The van der Waals surface area contributed by atoms with Crippen LogP contribution >= 0.6 is 0 Å². The summed E-state index contributed by atoms with van der Waals surface area (Å²) in [6.45, 7) is 3.08. The molecule has 2 aliphatic rings. The van der Waals surface area contributed by atoms with E-state index in [0.29, 0.717) is 5.69 Å². The van der Waals surface area contributed by atoms with Crippen molar-refractivity contribution in [3.63, 3.8) is 0 Å². The first-order valence-corrected chi connectivity index (χ1v) is 8.11. The second-order valence-electron chi connectivity index (χ2n) is 6.55. The molecular formula is C17H25FN2. The van der Waals surface area contributed by atoms with Gasteiger partial charge in [0.05, 0.1) is 11.7 Å². The van der Waals surface area contributed by atoms with Gasteiger partial charge in [0.2, 0.25) is 0 Å². The van der Waals surface area contributed by atoms with Crippen LogP contribution in [-0.4, -0.2) is 11.5 Å². The van der Waals surface area contributed by atoms with Crippen molar-refractivity contribution >= 4 is 0 Å². The van der Waals surface area contributed by atoms with Gasteiger partial charge >= 0.3 is 0 Å². The van der Waals surface area contributed by atoms with Crippen LogP contribution in [0.15, 0.2) is 18.3 Å². The Kier molecular flexibility index (Phi) is 4.35. The zero-order chi connectivity index (χ0) is 13.9. The van der Waals surface area contributed by atoms with E-state index in [0.717, 1.165) is 37.1 Å². The number of rotatable bonds is 6. The monoisotopic (exact) mass is 276 g/mol. The van der Waals surface area contributed by atoms with Crippen molar-refractivity contribution in [2.45, 2.75) is 51.5 Å². The minimum Gasteiger partial charge on any atom is -0.309 e. The van der Waals surface area contributed by atoms with Gasteiger partial charge < -0.3 is 5.32 Å². The highest BCUT2D eigenvalue weighted by Crippen LogP contribution is 2.50. The van der Waals surface area contributed by atoms with E-state index >= 15 is 0 Å². The fraction of sp³-hybridized carbons (Fsp3) is 0.706. The number of pyridine rings is 1. The molecule has 0 aromatic carbocycles. The van der Waals surface area contributed by atoms with Crippen molar-refractivity contribution in [1.29, 1.82) is 0 Å². The molecule has 4 unspecified atom stereocenters. The molecule has 0 spiro atoms. The minimum absolute atomic E-state index is 0.0838. The first-order valence-electron chi connectivity index (χ1n) is 8.11. The Morgan fingerprint density at radius 2 is 2.30 bits per heavy atom. The van der Waals surface area contributed by atoms with Gasteiger partial charge in [0.15, 0.2) is 0 Å². The van der Waals surface area contributed by atoms with Gasteiger partial charge in [-0.3, -0.25) is 4.98 Å². The number of aromatic nitrogens is 1. The zero-order valence-corrected chi connectivity index (χ0v) is 12.3. The predicted octanol–water partition coefficient (Wildman–Crippen LogP) is 4.09. The average Bonchev–Trinajstić information content (AvgIpc) is 3.06. The van der Waals surface area contributed by atoms with Crippen molar-refractivity contribution in [3.8, 4) is 0 Å². The van der Waals surface area contributed by atoms with Crippen LogP contribution in [0.5, 0.6) is 0 Å². The molecule has 1 heterocycles. The van der Waals surface area contributed by atoms with E-state index in [2.05, 4.69) is 17.2 Å². The molecule has 0 amide bonds. The lowest BCUT2D eigenvalue weighted by Crippen LogP contribution is -2.27. The van der Waals surface area contributed by atoms with Crippen LogP contribution in [0.25, 0.3) is 0 Å². The second kappa shape index (κ2) is 6.21. The molecule has 0 radical (unpaired) electrons. The van der Waals surface area contributed by atoms with Gasteiger partial charge in [-0.1, -0.05) is 13.3 Å². The largest absolute Gasteiger partial charge is 0.309 e. The molecule has 1 N–H and O–H groups in total. The second-order valence-corrected chi connectivity index (χ2v) is 6.55. The van der Waals surface area contributed by atoms with Crippen molar-refractivity contribution in [3.05, 3.63) is 29.8 Å². The predicted molar refractivity (Wildman–Crippen MR) is 78.8 cm³/mol. The summed E-state index contributed by atoms with van der Waals surface area (Å²) < 4.78 is 14.0. The number of nitrogens with one attached hydrogen (secondary N) is 1. The maximum absolute atomic E-state index is 14.0. The topological polar surface area (TPSA) is 24.9 Å². The van der Waals surface area contributed by atoms with Crippen LogP contribution in [0.2, 0.25) is 0 Å². The SMILES string of the molecule is CCCNC(CC1CC2CCC1C2)c1ncccc1F. The molecule has 2 aliphatic carbocycles. The zero-order valence-electron chi connectivity index (χ0n) is 12.3. The summed E-state index contributed by atoms with van der Waals surface area (Å²) in [5.74, 6) is 2.44. The highest BCUT2D eigenvalue weighted by atomic mass is 19.1. The van der Waals surface area contributed by atoms with E-state index in [1.54, 1.807) is 12.3 Å². The summed E-state index contributed by atoms with van der Waals surface area (Å²) in [6.07, 6.45) is 9.41. The molecule has 20 heavy (non-hydrogen) atoms. The van der Waals surface area contributed by atoms with Crippen LogP contribution in [0.1, 0.15) is 57.2 Å². The molecule has 2 saturated carbocycles. The van der Waals surface area contributed by atoms with E-state index < -0.39 is 0 Å². The van der Waals surface area contributed by atoms with E-state index in [-0.39, 0.29) is 11.9 Å². The lowest BCUT2D eigenvalue weighted by atomic mass is 9.83.